The summed E-state index contributed by atoms with van der Waals surface area (Å²) < 4.78 is 0. The van der Waals surface area contributed by atoms with E-state index in [-0.39, 0.29) is 11.9 Å². The summed E-state index contributed by atoms with van der Waals surface area (Å²) in [4.78, 5) is 15.0. The molecule has 23 heavy (non-hydrogen) atoms. The molecule has 3 rings (SSSR count). The zero-order chi connectivity index (χ0) is 16.2. The monoisotopic (exact) mass is 308 g/mol. The zero-order valence-corrected chi connectivity index (χ0v) is 13.6. The SMILES string of the molecule is C[C@H](N)[C@@H]1CCCN(C(=O)c2ccccc2-c2ccccc2)C1. The van der Waals surface area contributed by atoms with E-state index >= 15 is 0 Å². The fourth-order valence-electron chi connectivity index (χ4n) is 3.33. The van der Waals surface area contributed by atoms with Crippen LogP contribution in [0.2, 0.25) is 0 Å². The fourth-order valence-corrected chi connectivity index (χ4v) is 3.33. The van der Waals surface area contributed by atoms with Crippen LogP contribution in [0.25, 0.3) is 11.1 Å². The molecule has 0 aliphatic carbocycles. The Bertz CT molecular complexity index is 666. The number of hydrogen-bond acceptors (Lipinski definition) is 2. The molecule has 1 aliphatic rings. The highest BCUT2D eigenvalue weighted by Crippen LogP contribution is 2.27. The Hall–Kier alpha value is -2.13. The number of hydrogen-bond donors (Lipinski definition) is 1. The number of likely N-dealkylation sites (tertiary alicyclic amines) is 1. The lowest BCUT2D eigenvalue weighted by Crippen LogP contribution is -2.45. The fraction of sp³-hybridized carbons (Fsp3) is 0.350. The van der Waals surface area contributed by atoms with Gasteiger partial charge in [-0.2, -0.15) is 0 Å². The van der Waals surface area contributed by atoms with Crippen molar-refractivity contribution in [3.05, 3.63) is 60.2 Å². The molecule has 0 bridgehead atoms. The van der Waals surface area contributed by atoms with Crippen LogP contribution in [0.15, 0.2) is 54.6 Å². The molecule has 1 fully saturated rings. The lowest BCUT2D eigenvalue weighted by Gasteiger charge is -2.35. The predicted molar refractivity (Wildman–Crippen MR) is 94.2 cm³/mol. The highest BCUT2D eigenvalue weighted by Gasteiger charge is 2.27. The minimum atomic E-state index is 0.120. The molecule has 120 valence electrons. The molecule has 0 unspecified atom stereocenters. The van der Waals surface area contributed by atoms with Gasteiger partial charge in [0.25, 0.3) is 5.91 Å². The van der Waals surface area contributed by atoms with Gasteiger partial charge in [-0.25, -0.2) is 0 Å². The molecule has 2 N–H and O–H groups in total. The molecule has 1 aliphatic heterocycles. The zero-order valence-electron chi connectivity index (χ0n) is 13.6. The lowest BCUT2D eigenvalue weighted by atomic mass is 9.91. The van der Waals surface area contributed by atoms with Crippen LogP contribution in [0.1, 0.15) is 30.1 Å². The Kier molecular flexibility index (Phi) is 4.77. The van der Waals surface area contributed by atoms with E-state index in [1.807, 2.05) is 66.4 Å². The highest BCUT2D eigenvalue weighted by atomic mass is 16.2. The molecule has 0 saturated carbocycles. The van der Waals surface area contributed by atoms with Crippen molar-refractivity contribution in [1.29, 1.82) is 0 Å². The van der Waals surface area contributed by atoms with Gasteiger partial charge in [0.15, 0.2) is 0 Å². The van der Waals surface area contributed by atoms with Crippen LogP contribution in [0, 0.1) is 5.92 Å². The van der Waals surface area contributed by atoms with Crippen LogP contribution in [-0.4, -0.2) is 29.9 Å². The van der Waals surface area contributed by atoms with Crippen LogP contribution in [0.5, 0.6) is 0 Å². The lowest BCUT2D eigenvalue weighted by molar-refractivity contribution is 0.0662. The van der Waals surface area contributed by atoms with Crippen molar-refractivity contribution in [2.75, 3.05) is 13.1 Å². The van der Waals surface area contributed by atoms with Crippen LogP contribution in [0.3, 0.4) is 0 Å². The Morgan fingerprint density at radius 2 is 1.83 bits per heavy atom. The van der Waals surface area contributed by atoms with E-state index in [0.29, 0.717) is 5.92 Å². The van der Waals surface area contributed by atoms with Crippen LogP contribution >= 0.6 is 0 Å². The average molecular weight is 308 g/mol. The predicted octanol–water partition coefficient (Wildman–Crippen LogP) is 3.55. The quantitative estimate of drug-likeness (QED) is 0.942. The number of carbonyl (C=O) groups excluding carboxylic acids is 1. The van der Waals surface area contributed by atoms with Gasteiger partial charge < -0.3 is 10.6 Å². The molecule has 0 radical (unpaired) electrons. The number of nitrogens with two attached hydrogens (primary N) is 1. The van der Waals surface area contributed by atoms with Gasteiger partial charge in [-0.15, -0.1) is 0 Å². The minimum Gasteiger partial charge on any atom is -0.338 e. The molecule has 3 heteroatoms. The number of benzene rings is 2. The summed E-state index contributed by atoms with van der Waals surface area (Å²) in [6, 6.07) is 18.1. The summed E-state index contributed by atoms with van der Waals surface area (Å²) in [6.45, 7) is 3.63. The van der Waals surface area contributed by atoms with E-state index < -0.39 is 0 Å². The smallest absolute Gasteiger partial charge is 0.254 e. The first-order valence-corrected chi connectivity index (χ1v) is 8.36. The molecule has 0 aromatic heterocycles. The average Bonchev–Trinajstić information content (AvgIpc) is 2.62. The van der Waals surface area contributed by atoms with E-state index in [1.165, 1.54) is 0 Å². The molecule has 2 atom stereocenters. The molecule has 2 aromatic rings. The molecule has 0 spiro atoms. The van der Waals surface area contributed by atoms with E-state index in [4.69, 9.17) is 5.73 Å². The molecule has 2 aromatic carbocycles. The molecule has 1 saturated heterocycles. The second kappa shape index (κ2) is 6.97. The third kappa shape index (κ3) is 3.45. The number of amides is 1. The maximum Gasteiger partial charge on any atom is 0.254 e. The molecule has 1 amide bonds. The second-order valence-corrected chi connectivity index (χ2v) is 6.42. The van der Waals surface area contributed by atoms with Gasteiger partial charge in [0.1, 0.15) is 0 Å². The van der Waals surface area contributed by atoms with Crippen molar-refractivity contribution in [3.63, 3.8) is 0 Å². The molecule has 1 heterocycles. The van der Waals surface area contributed by atoms with E-state index in [9.17, 15) is 4.79 Å². The molecular formula is C20H24N2O. The summed E-state index contributed by atoms with van der Waals surface area (Å²) in [5.41, 5.74) is 8.91. The van der Waals surface area contributed by atoms with Crippen molar-refractivity contribution in [2.45, 2.75) is 25.8 Å². The number of nitrogens with zero attached hydrogens (tertiary/aromatic N) is 1. The standard InChI is InChI=1S/C20H24N2O/c1-15(21)17-10-7-13-22(14-17)20(23)19-12-6-5-11-18(19)16-8-3-2-4-9-16/h2-6,8-9,11-12,15,17H,7,10,13-14,21H2,1H3/t15-,17+/m0/s1. The van der Waals surface area contributed by atoms with E-state index in [0.717, 1.165) is 42.6 Å². The van der Waals surface area contributed by atoms with Gasteiger partial charge >= 0.3 is 0 Å². The van der Waals surface area contributed by atoms with E-state index in [1.54, 1.807) is 0 Å². The highest BCUT2D eigenvalue weighted by molar-refractivity contribution is 6.00. The van der Waals surface area contributed by atoms with Crippen molar-refractivity contribution in [2.24, 2.45) is 11.7 Å². The van der Waals surface area contributed by atoms with Crippen LogP contribution < -0.4 is 5.73 Å². The minimum absolute atomic E-state index is 0.120. The third-order valence-corrected chi connectivity index (χ3v) is 4.73. The van der Waals surface area contributed by atoms with E-state index in [2.05, 4.69) is 0 Å². The third-order valence-electron chi connectivity index (χ3n) is 4.73. The first-order valence-electron chi connectivity index (χ1n) is 8.36. The van der Waals surface area contributed by atoms with Crippen molar-refractivity contribution >= 4 is 5.91 Å². The maximum atomic E-state index is 13.0. The van der Waals surface area contributed by atoms with Gasteiger partial charge in [-0.3, -0.25) is 4.79 Å². The van der Waals surface area contributed by atoms with Crippen molar-refractivity contribution in [3.8, 4) is 11.1 Å². The van der Waals surface area contributed by atoms with Gasteiger partial charge in [0.05, 0.1) is 0 Å². The topological polar surface area (TPSA) is 46.3 Å². The Morgan fingerprint density at radius 1 is 1.13 bits per heavy atom. The maximum absolute atomic E-state index is 13.0. The van der Waals surface area contributed by atoms with Gasteiger partial charge in [-0.1, -0.05) is 48.5 Å². The van der Waals surface area contributed by atoms with Gasteiger partial charge in [0, 0.05) is 24.7 Å². The Balaban J connectivity index is 1.88. The summed E-state index contributed by atoms with van der Waals surface area (Å²) in [7, 11) is 0. The number of piperidine rings is 1. The normalized spacial score (nSPS) is 19.4. The Labute approximate surface area is 138 Å². The first-order chi connectivity index (χ1) is 11.2. The summed E-state index contributed by atoms with van der Waals surface area (Å²) in [5.74, 6) is 0.520. The largest absolute Gasteiger partial charge is 0.338 e. The number of rotatable bonds is 3. The van der Waals surface area contributed by atoms with Gasteiger partial charge in [0.2, 0.25) is 0 Å². The summed E-state index contributed by atoms with van der Waals surface area (Å²) in [5, 5.41) is 0. The number of carbonyl (C=O) groups is 1. The van der Waals surface area contributed by atoms with Crippen molar-refractivity contribution < 1.29 is 4.79 Å². The Morgan fingerprint density at radius 3 is 2.57 bits per heavy atom. The van der Waals surface area contributed by atoms with Crippen LogP contribution in [0.4, 0.5) is 0 Å². The molecular weight excluding hydrogens is 284 g/mol. The summed E-state index contributed by atoms with van der Waals surface area (Å²) >= 11 is 0. The summed E-state index contributed by atoms with van der Waals surface area (Å²) in [6.07, 6.45) is 2.15. The van der Waals surface area contributed by atoms with Gasteiger partial charge in [-0.05, 0) is 42.9 Å². The first kappa shape index (κ1) is 15.8. The van der Waals surface area contributed by atoms with Crippen molar-refractivity contribution in [1.82, 2.24) is 4.90 Å². The second-order valence-electron chi connectivity index (χ2n) is 6.42. The van der Waals surface area contributed by atoms with Crippen LogP contribution in [-0.2, 0) is 0 Å². The molecule has 3 nitrogen and oxygen atoms in total.